The Balaban J connectivity index is 3.03. The van der Waals surface area contributed by atoms with Crippen molar-refractivity contribution >= 4 is 28.9 Å². The number of nitrogens with zero attached hydrogens (tertiary/aromatic N) is 1. The SMILES string of the molecule is CNC(=O)C(C#N)C(=O)C=C(C)c1ccccc1Cl. The number of carbonyl (C=O) groups is 2. The smallest absolute Gasteiger partial charge is 0.245 e. The summed E-state index contributed by atoms with van der Waals surface area (Å²) in [6, 6.07) is 8.74. The van der Waals surface area contributed by atoms with E-state index in [1.165, 1.54) is 13.1 Å². The van der Waals surface area contributed by atoms with Gasteiger partial charge in [0.15, 0.2) is 11.7 Å². The third-order valence-electron chi connectivity index (χ3n) is 2.58. The number of halogens is 1. The lowest BCUT2D eigenvalue weighted by molar-refractivity contribution is -0.129. The van der Waals surface area contributed by atoms with Gasteiger partial charge in [0.1, 0.15) is 0 Å². The Labute approximate surface area is 116 Å². The van der Waals surface area contributed by atoms with E-state index >= 15 is 0 Å². The van der Waals surface area contributed by atoms with Crippen molar-refractivity contribution in [2.45, 2.75) is 6.92 Å². The predicted molar refractivity (Wildman–Crippen MR) is 73.3 cm³/mol. The fourth-order valence-electron chi connectivity index (χ4n) is 1.55. The van der Waals surface area contributed by atoms with Crippen LogP contribution in [-0.4, -0.2) is 18.7 Å². The van der Waals surface area contributed by atoms with Crippen molar-refractivity contribution in [1.29, 1.82) is 5.26 Å². The highest BCUT2D eigenvalue weighted by Gasteiger charge is 2.23. The number of rotatable bonds is 4. The molecule has 1 amide bonds. The Morgan fingerprint density at radius 3 is 2.58 bits per heavy atom. The third-order valence-corrected chi connectivity index (χ3v) is 2.91. The minimum atomic E-state index is -1.33. The highest BCUT2D eigenvalue weighted by atomic mass is 35.5. The summed E-state index contributed by atoms with van der Waals surface area (Å²) >= 11 is 6.01. The summed E-state index contributed by atoms with van der Waals surface area (Å²) in [5, 5.41) is 11.6. The Morgan fingerprint density at radius 1 is 1.42 bits per heavy atom. The molecule has 4 nitrogen and oxygen atoms in total. The molecule has 1 aromatic rings. The van der Waals surface area contributed by atoms with Crippen LogP contribution in [0.15, 0.2) is 30.3 Å². The maximum Gasteiger partial charge on any atom is 0.245 e. The number of benzene rings is 1. The van der Waals surface area contributed by atoms with Crippen LogP contribution in [0, 0.1) is 17.2 Å². The minimum absolute atomic E-state index is 0.512. The van der Waals surface area contributed by atoms with Gasteiger partial charge < -0.3 is 5.32 Å². The van der Waals surface area contributed by atoms with Crippen LogP contribution in [0.25, 0.3) is 5.57 Å². The van der Waals surface area contributed by atoms with Crippen LogP contribution in [0.3, 0.4) is 0 Å². The van der Waals surface area contributed by atoms with Crippen molar-refractivity contribution in [1.82, 2.24) is 5.32 Å². The van der Waals surface area contributed by atoms with Crippen molar-refractivity contribution in [2.75, 3.05) is 7.05 Å². The fourth-order valence-corrected chi connectivity index (χ4v) is 1.84. The van der Waals surface area contributed by atoms with E-state index in [4.69, 9.17) is 16.9 Å². The molecule has 0 aromatic heterocycles. The first-order valence-electron chi connectivity index (χ1n) is 5.59. The lowest BCUT2D eigenvalue weighted by Gasteiger charge is -2.06. The Kier molecular flexibility index (Phi) is 5.28. The normalized spacial score (nSPS) is 12.4. The molecule has 0 saturated carbocycles. The number of allylic oxidation sites excluding steroid dienone is 2. The van der Waals surface area contributed by atoms with Gasteiger partial charge in [-0.05, 0) is 30.2 Å². The molecule has 19 heavy (non-hydrogen) atoms. The summed E-state index contributed by atoms with van der Waals surface area (Å²) in [5.41, 5.74) is 1.31. The molecule has 0 fully saturated rings. The molecular formula is C14H13ClN2O2. The molecule has 0 radical (unpaired) electrons. The van der Waals surface area contributed by atoms with Gasteiger partial charge in [-0.2, -0.15) is 5.26 Å². The molecule has 1 unspecified atom stereocenters. The Bertz CT molecular complexity index is 573. The van der Waals surface area contributed by atoms with Gasteiger partial charge in [-0.1, -0.05) is 29.8 Å². The number of amides is 1. The second kappa shape index (κ2) is 6.72. The van der Waals surface area contributed by atoms with E-state index in [2.05, 4.69) is 5.32 Å². The first-order chi connectivity index (χ1) is 9.01. The van der Waals surface area contributed by atoms with Crippen LogP contribution in [0.1, 0.15) is 12.5 Å². The van der Waals surface area contributed by atoms with Crippen LogP contribution < -0.4 is 5.32 Å². The highest BCUT2D eigenvalue weighted by molar-refractivity contribution is 6.32. The average molecular weight is 277 g/mol. The van der Waals surface area contributed by atoms with Crippen molar-refractivity contribution < 1.29 is 9.59 Å². The van der Waals surface area contributed by atoms with E-state index in [1.807, 2.05) is 0 Å². The number of ketones is 1. The Hall–Kier alpha value is -2.12. The van der Waals surface area contributed by atoms with E-state index < -0.39 is 17.6 Å². The van der Waals surface area contributed by atoms with Gasteiger partial charge in [0, 0.05) is 12.1 Å². The molecule has 5 heteroatoms. The lowest BCUT2D eigenvalue weighted by atomic mass is 10.00. The third kappa shape index (κ3) is 3.67. The van der Waals surface area contributed by atoms with Crippen molar-refractivity contribution in [3.05, 3.63) is 40.9 Å². The Morgan fingerprint density at radius 2 is 2.05 bits per heavy atom. The zero-order valence-electron chi connectivity index (χ0n) is 10.6. The molecule has 0 aliphatic carbocycles. The first-order valence-corrected chi connectivity index (χ1v) is 5.97. The number of nitrogens with one attached hydrogen (secondary N) is 1. The van der Waals surface area contributed by atoms with E-state index in [0.717, 1.165) is 0 Å². The van der Waals surface area contributed by atoms with Gasteiger partial charge in [0.2, 0.25) is 5.91 Å². The monoisotopic (exact) mass is 276 g/mol. The summed E-state index contributed by atoms with van der Waals surface area (Å²) in [6.07, 6.45) is 1.27. The summed E-state index contributed by atoms with van der Waals surface area (Å²) in [5.74, 6) is -2.50. The fraction of sp³-hybridized carbons (Fsp3) is 0.214. The molecular weight excluding hydrogens is 264 g/mol. The first kappa shape index (κ1) is 14.9. The van der Waals surface area contributed by atoms with E-state index in [-0.39, 0.29) is 0 Å². The van der Waals surface area contributed by atoms with Gasteiger partial charge in [-0.3, -0.25) is 9.59 Å². The topological polar surface area (TPSA) is 70.0 Å². The minimum Gasteiger partial charge on any atom is -0.358 e. The van der Waals surface area contributed by atoms with E-state index in [0.29, 0.717) is 16.2 Å². The maximum atomic E-state index is 11.9. The average Bonchev–Trinajstić information content (AvgIpc) is 2.39. The lowest BCUT2D eigenvalue weighted by Crippen LogP contribution is -2.31. The van der Waals surface area contributed by atoms with Crippen LogP contribution >= 0.6 is 11.6 Å². The molecule has 0 aliphatic rings. The second-order valence-corrected chi connectivity index (χ2v) is 4.29. The summed E-state index contributed by atoms with van der Waals surface area (Å²) < 4.78 is 0. The van der Waals surface area contributed by atoms with Crippen molar-refractivity contribution in [2.24, 2.45) is 5.92 Å². The standard InChI is InChI=1S/C14H13ClN2O2/c1-9(10-5-3-4-6-12(10)15)7-13(18)11(8-16)14(19)17-2/h3-7,11H,1-2H3,(H,17,19). The molecule has 1 rings (SSSR count). The van der Waals surface area contributed by atoms with E-state index in [9.17, 15) is 9.59 Å². The molecule has 1 atom stereocenters. The molecule has 98 valence electrons. The summed E-state index contributed by atoms with van der Waals surface area (Å²) in [6.45, 7) is 1.71. The van der Waals surface area contributed by atoms with E-state index in [1.54, 1.807) is 37.3 Å². The van der Waals surface area contributed by atoms with Crippen molar-refractivity contribution in [3.63, 3.8) is 0 Å². The van der Waals surface area contributed by atoms with Gasteiger partial charge in [0.25, 0.3) is 0 Å². The molecule has 0 heterocycles. The van der Waals surface area contributed by atoms with Crippen LogP contribution in [-0.2, 0) is 9.59 Å². The van der Waals surface area contributed by atoms with Gasteiger partial charge in [-0.15, -0.1) is 0 Å². The quantitative estimate of drug-likeness (QED) is 0.677. The van der Waals surface area contributed by atoms with Gasteiger partial charge in [-0.25, -0.2) is 0 Å². The van der Waals surface area contributed by atoms with Crippen molar-refractivity contribution in [3.8, 4) is 6.07 Å². The molecule has 0 spiro atoms. The van der Waals surface area contributed by atoms with Gasteiger partial charge in [0.05, 0.1) is 6.07 Å². The van der Waals surface area contributed by atoms with Crippen LogP contribution in [0.2, 0.25) is 5.02 Å². The molecule has 1 aromatic carbocycles. The number of hydrogen-bond acceptors (Lipinski definition) is 3. The highest BCUT2D eigenvalue weighted by Crippen LogP contribution is 2.23. The summed E-state index contributed by atoms with van der Waals surface area (Å²) in [4.78, 5) is 23.2. The zero-order chi connectivity index (χ0) is 14.4. The maximum absolute atomic E-state index is 11.9. The molecule has 1 N–H and O–H groups in total. The molecule has 0 bridgehead atoms. The molecule has 0 aliphatic heterocycles. The predicted octanol–water partition coefficient (Wildman–Crippen LogP) is 2.20. The zero-order valence-corrected chi connectivity index (χ0v) is 11.4. The number of carbonyl (C=O) groups excluding carboxylic acids is 2. The van der Waals surface area contributed by atoms with Crippen LogP contribution in [0.5, 0.6) is 0 Å². The number of hydrogen-bond donors (Lipinski definition) is 1. The second-order valence-electron chi connectivity index (χ2n) is 3.89. The number of nitriles is 1. The van der Waals surface area contributed by atoms with Crippen LogP contribution in [0.4, 0.5) is 0 Å². The molecule has 0 saturated heterocycles. The van der Waals surface area contributed by atoms with Gasteiger partial charge >= 0.3 is 0 Å². The largest absolute Gasteiger partial charge is 0.358 e. The summed E-state index contributed by atoms with van der Waals surface area (Å²) in [7, 11) is 1.38.